The average molecular weight is 401 g/mol. The van der Waals surface area contributed by atoms with E-state index in [9.17, 15) is 9.36 Å². The van der Waals surface area contributed by atoms with Crippen molar-refractivity contribution in [3.05, 3.63) is 60.7 Å². The van der Waals surface area contributed by atoms with Crippen molar-refractivity contribution in [3.63, 3.8) is 0 Å². The number of rotatable bonds is 10. The van der Waals surface area contributed by atoms with Crippen LogP contribution in [-0.4, -0.2) is 20.4 Å². The van der Waals surface area contributed by atoms with Gasteiger partial charge in [-0.1, -0.05) is 87.9 Å². The van der Waals surface area contributed by atoms with E-state index in [0.29, 0.717) is 13.0 Å². The molecule has 0 fully saturated rings. The first-order chi connectivity index (χ1) is 12.9. The summed E-state index contributed by atoms with van der Waals surface area (Å²) in [6, 6.07) is 21.2. The zero-order valence-electron chi connectivity index (χ0n) is 16.5. The third-order valence-corrected chi connectivity index (χ3v) is 10.3. The molecule has 3 nitrogen and oxygen atoms in total. The molecule has 5 heteroatoms. The molecule has 0 aliphatic carbocycles. The maximum atomic E-state index is 11.2. The minimum Gasteiger partial charge on any atom is -0.407 e. The Morgan fingerprint density at radius 1 is 0.889 bits per heavy atom. The lowest BCUT2D eigenvalue weighted by Gasteiger charge is -2.43. The van der Waals surface area contributed by atoms with Gasteiger partial charge in [0.2, 0.25) is 14.0 Å². The lowest BCUT2D eigenvalue weighted by Crippen LogP contribution is -2.66. The predicted octanol–water partition coefficient (Wildman–Crippen LogP) is 4.94. The van der Waals surface area contributed by atoms with Gasteiger partial charge in [0.1, 0.15) is 0 Å². The molecule has 0 aliphatic rings. The molecule has 0 aromatic heterocycles. The van der Waals surface area contributed by atoms with Gasteiger partial charge in [0.15, 0.2) is 0 Å². The number of unbranched alkanes of at least 4 members (excludes halogenated alkanes) is 2. The fraction of sp³-hybridized carbons (Fsp3) is 0.409. The van der Waals surface area contributed by atoms with E-state index in [1.54, 1.807) is 0 Å². The Kier molecular flexibility index (Phi) is 8.09. The van der Waals surface area contributed by atoms with Gasteiger partial charge >= 0.3 is 0 Å². The second-order valence-corrected chi connectivity index (χ2v) is 12.8. The number of carbonyl (C=O) groups excluding carboxylic acids is 1. The highest BCUT2D eigenvalue weighted by atomic mass is 31.1. The first kappa shape index (κ1) is 21.7. The van der Waals surface area contributed by atoms with Crippen molar-refractivity contribution in [1.29, 1.82) is 0 Å². The van der Waals surface area contributed by atoms with Crippen LogP contribution in [0.4, 0.5) is 0 Å². The lowest BCUT2D eigenvalue weighted by atomic mass is 10.2. The molecule has 0 unspecified atom stereocenters. The van der Waals surface area contributed by atoms with Crippen molar-refractivity contribution < 1.29 is 13.8 Å². The smallest absolute Gasteiger partial charge is 0.261 e. The Morgan fingerprint density at radius 2 is 1.41 bits per heavy atom. The average Bonchev–Trinajstić information content (AvgIpc) is 2.67. The lowest BCUT2D eigenvalue weighted by molar-refractivity contribution is -0.111. The molecule has 0 N–H and O–H groups in total. The Hall–Kier alpha value is -1.61. The quantitative estimate of drug-likeness (QED) is 0.322. The second kappa shape index (κ2) is 10.1. The van der Waals surface area contributed by atoms with Gasteiger partial charge in [-0.2, -0.15) is 0 Å². The van der Waals surface area contributed by atoms with Crippen LogP contribution in [0.15, 0.2) is 60.7 Å². The van der Waals surface area contributed by atoms with Gasteiger partial charge in [0, 0.05) is 13.0 Å². The minimum atomic E-state index is -2.46. The van der Waals surface area contributed by atoms with Crippen molar-refractivity contribution in [1.82, 2.24) is 0 Å². The molecule has 2 aromatic carbocycles. The van der Waals surface area contributed by atoms with E-state index in [1.165, 1.54) is 10.4 Å². The van der Waals surface area contributed by atoms with Gasteiger partial charge in [-0.15, -0.1) is 0 Å². The maximum Gasteiger partial charge on any atom is 0.261 e. The normalized spacial score (nSPS) is 12.3. The van der Waals surface area contributed by atoms with Crippen LogP contribution in [0.25, 0.3) is 0 Å². The summed E-state index contributed by atoms with van der Waals surface area (Å²) in [5.41, 5.74) is -0.220. The second-order valence-electron chi connectivity index (χ2n) is 7.81. The van der Waals surface area contributed by atoms with Crippen molar-refractivity contribution >= 4 is 32.7 Å². The molecule has 0 spiro atoms. The minimum absolute atomic E-state index is 0.0207. The first-order valence-corrected chi connectivity index (χ1v) is 12.2. The molecule has 0 radical (unpaired) electrons. The first-order valence-electron chi connectivity index (χ1n) is 9.53. The van der Waals surface area contributed by atoms with Crippen LogP contribution in [0, 0.1) is 0 Å². The summed E-state index contributed by atoms with van der Waals surface area (Å²) in [7, 11) is -2.83. The van der Waals surface area contributed by atoms with Crippen molar-refractivity contribution in [3.8, 4) is 0 Å². The summed E-state index contributed by atoms with van der Waals surface area (Å²) in [6.07, 6.45) is 2.94. The third kappa shape index (κ3) is 5.44. The van der Waals surface area contributed by atoms with Crippen molar-refractivity contribution in [2.45, 2.75) is 51.5 Å². The van der Waals surface area contributed by atoms with Gasteiger partial charge in [0.25, 0.3) is 8.32 Å². The van der Waals surface area contributed by atoms with E-state index >= 15 is 0 Å². The van der Waals surface area contributed by atoms with Gasteiger partial charge in [-0.25, -0.2) is 0 Å². The Morgan fingerprint density at radius 3 is 1.85 bits per heavy atom. The van der Waals surface area contributed by atoms with Crippen molar-refractivity contribution in [2.75, 3.05) is 6.61 Å². The highest BCUT2D eigenvalue weighted by molar-refractivity contribution is 7.46. The molecule has 144 valence electrons. The van der Waals surface area contributed by atoms with Gasteiger partial charge in [-0.3, -0.25) is 9.36 Å². The maximum absolute atomic E-state index is 11.2. The molecule has 0 heterocycles. The monoisotopic (exact) mass is 400 g/mol. The molecule has 0 saturated carbocycles. The van der Waals surface area contributed by atoms with E-state index in [-0.39, 0.29) is 19.0 Å². The van der Waals surface area contributed by atoms with Crippen LogP contribution >= 0.6 is 8.46 Å². The molecule has 0 saturated heterocycles. The fourth-order valence-electron chi connectivity index (χ4n) is 3.59. The van der Waals surface area contributed by atoms with Gasteiger partial charge < -0.3 is 4.43 Å². The van der Waals surface area contributed by atoms with Crippen LogP contribution in [0.2, 0.25) is 5.04 Å². The summed E-state index contributed by atoms with van der Waals surface area (Å²) in [5, 5.41) is 2.54. The predicted molar refractivity (Wildman–Crippen MR) is 115 cm³/mol. The molecule has 0 aliphatic heterocycles. The van der Waals surface area contributed by atoms with Crippen LogP contribution in [-0.2, 0) is 13.8 Å². The summed E-state index contributed by atoms with van der Waals surface area (Å²) in [6.45, 7) is 7.47. The van der Waals surface area contributed by atoms with Crippen LogP contribution in [0.1, 0.15) is 46.5 Å². The Balaban J connectivity index is 2.22. The van der Waals surface area contributed by atoms with Gasteiger partial charge in [0.05, 0.1) is 0 Å². The van der Waals surface area contributed by atoms with E-state index in [4.69, 9.17) is 4.43 Å². The summed E-state index contributed by atoms with van der Waals surface area (Å²) < 4.78 is 17.3. The largest absolute Gasteiger partial charge is 0.407 e. The molecular weight excluding hydrogens is 371 g/mol. The molecule has 27 heavy (non-hydrogen) atoms. The van der Waals surface area contributed by atoms with Gasteiger partial charge in [-0.05, 0) is 28.3 Å². The van der Waals surface area contributed by atoms with E-state index in [0.717, 1.165) is 19.3 Å². The highest BCUT2D eigenvalue weighted by Gasteiger charge is 2.49. The summed E-state index contributed by atoms with van der Waals surface area (Å²) in [5.74, 6) is 0. The number of hydrogen-bond acceptors (Lipinski definition) is 3. The Labute approximate surface area is 165 Å². The molecule has 0 bridgehead atoms. The molecular formula is C22H29O3PSi. The number of hydrogen-bond donors (Lipinski definition) is 0. The Bertz CT molecular complexity index is 687. The third-order valence-electron chi connectivity index (χ3n) is 4.87. The zero-order valence-corrected chi connectivity index (χ0v) is 18.4. The van der Waals surface area contributed by atoms with E-state index in [2.05, 4.69) is 69.3 Å². The molecule has 0 atom stereocenters. The number of carbonyl (C=O) groups is 1. The molecule has 2 aromatic rings. The summed E-state index contributed by atoms with van der Waals surface area (Å²) in [4.78, 5) is 11.2. The zero-order chi connectivity index (χ0) is 19.8. The molecule has 2 rings (SSSR count). The fourth-order valence-corrected chi connectivity index (χ4v) is 8.44. The van der Waals surface area contributed by atoms with Crippen LogP contribution < -0.4 is 10.4 Å². The SMILES string of the molecule is CC(C)(C)[Si](OCCCCCC(=O)P=O)(c1ccccc1)c1ccccc1. The topological polar surface area (TPSA) is 43.4 Å². The van der Waals surface area contributed by atoms with Crippen LogP contribution in [0.3, 0.4) is 0 Å². The number of benzene rings is 2. The standard InChI is InChI=1S/C22H29O3PSi/c1-22(2,3)27(19-13-7-4-8-14-19,20-15-9-5-10-16-20)25-18-12-6-11-17-21(23)26-24/h4-5,7-10,13-16H,6,11-12,17-18H2,1-3H3. The highest BCUT2D eigenvalue weighted by Crippen LogP contribution is 2.36. The molecule has 0 amide bonds. The van der Waals surface area contributed by atoms with Crippen molar-refractivity contribution in [2.24, 2.45) is 0 Å². The van der Waals surface area contributed by atoms with E-state index < -0.39 is 8.32 Å². The van der Waals surface area contributed by atoms with E-state index in [1.807, 2.05) is 12.1 Å². The van der Waals surface area contributed by atoms with Crippen LogP contribution in [0.5, 0.6) is 0 Å². The summed E-state index contributed by atoms with van der Waals surface area (Å²) >= 11 is 0.